The SMILES string of the molecule is CC(C)OC[C@H]1O[C@@H](C)C(C)[C@H]1OP(O)(=S)OC[C@H]1O[C@@H](C)CC1OC(C)C. The van der Waals surface area contributed by atoms with Crippen LogP contribution in [0.15, 0.2) is 0 Å². The second-order valence-corrected chi connectivity index (χ2v) is 11.2. The van der Waals surface area contributed by atoms with E-state index in [-0.39, 0.29) is 61.4 Å². The Morgan fingerprint density at radius 2 is 1.71 bits per heavy atom. The van der Waals surface area contributed by atoms with Gasteiger partial charge in [0.1, 0.15) is 18.3 Å². The molecule has 0 amide bonds. The number of ether oxygens (including phenoxy) is 4. The molecule has 2 saturated heterocycles. The highest BCUT2D eigenvalue weighted by Gasteiger charge is 2.44. The Balaban J connectivity index is 1.93. The maximum atomic E-state index is 10.7. The van der Waals surface area contributed by atoms with Crippen LogP contribution >= 0.6 is 6.72 Å². The Bertz CT molecular complexity index is 532. The first-order valence-corrected chi connectivity index (χ1v) is 12.8. The Kier molecular flexibility index (Phi) is 9.33. The molecule has 2 rings (SSSR count). The van der Waals surface area contributed by atoms with E-state index in [0.717, 1.165) is 6.42 Å². The van der Waals surface area contributed by atoms with E-state index in [1.165, 1.54) is 0 Å². The van der Waals surface area contributed by atoms with Gasteiger partial charge in [-0.2, -0.15) is 0 Å². The van der Waals surface area contributed by atoms with Crippen LogP contribution in [0.1, 0.15) is 54.9 Å². The molecule has 1 N–H and O–H groups in total. The minimum Gasteiger partial charge on any atom is -0.376 e. The molecule has 0 aromatic heterocycles. The molecular formula is C19H37O7PS. The summed E-state index contributed by atoms with van der Waals surface area (Å²) in [5.41, 5.74) is 0. The fourth-order valence-electron chi connectivity index (χ4n) is 3.58. The van der Waals surface area contributed by atoms with Gasteiger partial charge >= 0.3 is 6.72 Å². The van der Waals surface area contributed by atoms with E-state index in [1.54, 1.807) is 0 Å². The summed E-state index contributed by atoms with van der Waals surface area (Å²) in [7, 11) is 0. The van der Waals surface area contributed by atoms with Crippen molar-refractivity contribution in [1.29, 1.82) is 0 Å². The van der Waals surface area contributed by atoms with Crippen LogP contribution in [0.25, 0.3) is 0 Å². The monoisotopic (exact) mass is 440 g/mol. The molecule has 2 aliphatic rings. The van der Waals surface area contributed by atoms with E-state index in [9.17, 15) is 4.89 Å². The lowest BCUT2D eigenvalue weighted by molar-refractivity contribution is -0.0665. The van der Waals surface area contributed by atoms with Crippen LogP contribution in [0.3, 0.4) is 0 Å². The quantitative estimate of drug-likeness (QED) is 0.518. The zero-order valence-corrected chi connectivity index (χ0v) is 19.8. The van der Waals surface area contributed by atoms with Crippen molar-refractivity contribution in [1.82, 2.24) is 0 Å². The lowest BCUT2D eigenvalue weighted by Crippen LogP contribution is -2.34. The molecule has 2 aliphatic heterocycles. The smallest absolute Gasteiger partial charge is 0.324 e. The number of hydrogen-bond donors (Lipinski definition) is 1. The van der Waals surface area contributed by atoms with Crippen molar-refractivity contribution in [3.8, 4) is 0 Å². The topological polar surface area (TPSA) is 75.6 Å². The van der Waals surface area contributed by atoms with Crippen molar-refractivity contribution in [3.63, 3.8) is 0 Å². The largest absolute Gasteiger partial charge is 0.376 e. The van der Waals surface area contributed by atoms with Crippen LogP contribution in [-0.2, 0) is 39.8 Å². The van der Waals surface area contributed by atoms with Gasteiger partial charge in [-0.3, -0.25) is 0 Å². The van der Waals surface area contributed by atoms with Gasteiger partial charge < -0.3 is 32.9 Å². The van der Waals surface area contributed by atoms with Crippen molar-refractivity contribution in [3.05, 3.63) is 0 Å². The van der Waals surface area contributed by atoms with Crippen molar-refractivity contribution in [2.24, 2.45) is 5.92 Å². The summed E-state index contributed by atoms with van der Waals surface area (Å²) in [6, 6.07) is 0. The molecule has 28 heavy (non-hydrogen) atoms. The zero-order valence-electron chi connectivity index (χ0n) is 18.1. The number of rotatable bonds is 10. The molecule has 0 radical (unpaired) electrons. The van der Waals surface area contributed by atoms with Gasteiger partial charge in [-0.05, 0) is 53.3 Å². The van der Waals surface area contributed by atoms with E-state index in [4.69, 9.17) is 39.8 Å². The lowest BCUT2D eigenvalue weighted by atomic mass is 10.00. The highest BCUT2D eigenvalue weighted by atomic mass is 32.5. The Hall–Kier alpha value is 0.370. The third kappa shape index (κ3) is 7.25. The van der Waals surface area contributed by atoms with Crippen molar-refractivity contribution in [2.75, 3.05) is 13.2 Å². The second kappa shape index (κ2) is 10.6. The van der Waals surface area contributed by atoms with Crippen molar-refractivity contribution in [2.45, 2.75) is 104 Å². The van der Waals surface area contributed by atoms with Gasteiger partial charge in [-0.25, -0.2) is 0 Å². The van der Waals surface area contributed by atoms with E-state index >= 15 is 0 Å². The van der Waals surface area contributed by atoms with E-state index < -0.39 is 6.72 Å². The standard InChI is InChI=1S/C19H37O7PS/c1-11(2)21-9-18-19(14(6)15(7)25-18)26-27(20,28)22-10-17-16(23-12(3)4)8-13(5)24-17/h11-19H,8-10H2,1-7H3,(H,20,28)/t13-,14?,15-,16?,17+,18+,19+,27?/m0/s1. The van der Waals surface area contributed by atoms with Gasteiger partial charge in [0.15, 0.2) is 0 Å². The van der Waals surface area contributed by atoms with Crippen LogP contribution in [0, 0.1) is 5.92 Å². The maximum Gasteiger partial charge on any atom is 0.324 e. The minimum atomic E-state index is -3.46. The minimum absolute atomic E-state index is 0.0106. The maximum absolute atomic E-state index is 10.7. The third-order valence-electron chi connectivity index (χ3n) is 5.10. The molecule has 0 aromatic rings. The van der Waals surface area contributed by atoms with Crippen molar-refractivity contribution >= 4 is 18.5 Å². The van der Waals surface area contributed by atoms with Gasteiger partial charge in [0.25, 0.3) is 0 Å². The average Bonchev–Trinajstić information content (AvgIpc) is 3.04. The first-order chi connectivity index (χ1) is 13.0. The average molecular weight is 441 g/mol. The van der Waals surface area contributed by atoms with Crippen LogP contribution in [-0.4, -0.2) is 66.9 Å². The summed E-state index contributed by atoms with van der Waals surface area (Å²) in [5, 5.41) is 0. The predicted molar refractivity (Wildman–Crippen MR) is 111 cm³/mol. The fraction of sp³-hybridized carbons (Fsp3) is 1.00. The predicted octanol–water partition coefficient (Wildman–Crippen LogP) is 3.42. The number of hydrogen-bond acceptors (Lipinski definition) is 7. The highest BCUT2D eigenvalue weighted by Crippen LogP contribution is 2.49. The summed E-state index contributed by atoms with van der Waals surface area (Å²) >= 11 is 5.28. The Morgan fingerprint density at radius 1 is 1.04 bits per heavy atom. The van der Waals surface area contributed by atoms with Gasteiger partial charge in [0.2, 0.25) is 0 Å². The fourth-order valence-corrected chi connectivity index (χ4v) is 5.09. The summed E-state index contributed by atoms with van der Waals surface area (Å²) in [5.74, 6) is 0.0682. The molecule has 0 spiro atoms. The molecule has 8 atom stereocenters. The lowest BCUT2D eigenvalue weighted by Gasteiger charge is -2.28. The Morgan fingerprint density at radius 3 is 2.32 bits per heavy atom. The molecule has 2 heterocycles. The first kappa shape index (κ1) is 24.6. The van der Waals surface area contributed by atoms with Gasteiger partial charge in [0, 0.05) is 12.3 Å². The summed E-state index contributed by atoms with van der Waals surface area (Å²) in [6.45, 7) is 11.0. The Labute approximate surface area is 174 Å². The molecule has 0 saturated carbocycles. The summed E-state index contributed by atoms with van der Waals surface area (Å²) < 4.78 is 35.0. The van der Waals surface area contributed by atoms with Gasteiger partial charge in [-0.1, -0.05) is 6.92 Å². The van der Waals surface area contributed by atoms with Gasteiger partial charge in [0.05, 0.1) is 43.7 Å². The third-order valence-corrected chi connectivity index (χ3v) is 6.66. The van der Waals surface area contributed by atoms with E-state index in [0.29, 0.717) is 6.61 Å². The zero-order chi connectivity index (χ0) is 21.1. The molecule has 3 unspecified atom stereocenters. The van der Waals surface area contributed by atoms with Crippen LogP contribution in [0.5, 0.6) is 0 Å². The van der Waals surface area contributed by atoms with Crippen molar-refractivity contribution < 1.29 is 32.9 Å². The van der Waals surface area contributed by atoms with Gasteiger partial charge in [-0.15, -0.1) is 0 Å². The van der Waals surface area contributed by atoms with Crippen LogP contribution < -0.4 is 0 Å². The summed E-state index contributed by atoms with van der Waals surface area (Å²) in [6.07, 6.45) is 0.0256. The normalized spacial score (nSPS) is 38.4. The van der Waals surface area contributed by atoms with Crippen LogP contribution in [0.2, 0.25) is 0 Å². The first-order valence-electron chi connectivity index (χ1n) is 10.2. The molecule has 0 aliphatic carbocycles. The molecule has 166 valence electrons. The second-order valence-electron chi connectivity index (χ2n) is 8.40. The molecule has 2 fully saturated rings. The summed E-state index contributed by atoms with van der Waals surface area (Å²) in [4.78, 5) is 10.7. The van der Waals surface area contributed by atoms with Crippen LogP contribution in [0.4, 0.5) is 0 Å². The molecule has 0 aromatic carbocycles. The molecule has 0 bridgehead atoms. The molecule has 9 heteroatoms. The van der Waals surface area contributed by atoms with E-state index in [2.05, 4.69) is 0 Å². The molecular weight excluding hydrogens is 403 g/mol. The molecule has 7 nitrogen and oxygen atoms in total. The van der Waals surface area contributed by atoms with E-state index in [1.807, 2.05) is 48.5 Å². The highest BCUT2D eigenvalue weighted by molar-refractivity contribution is 8.07.